The summed E-state index contributed by atoms with van der Waals surface area (Å²) in [6.07, 6.45) is 15.3. The second kappa shape index (κ2) is 2.77. The summed E-state index contributed by atoms with van der Waals surface area (Å²) in [4.78, 5) is 24.1. The molecule has 2 bridgehead atoms. The van der Waals surface area contributed by atoms with Gasteiger partial charge in [0.05, 0.1) is 11.8 Å². The number of hydrogen-bond donors (Lipinski definition) is 0. The molecular formula is C16H14O3. The summed E-state index contributed by atoms with van der Waals surface area (Å²) in [7, 11) is 0. The van der Waals surface area contributed by atoms with E-state index in [0.29, 0.717) is 0 Å². The molecule has 6 atom stereocenters. The lowest BCUT2D eigenvalue weighted by atomic mass is 9.33. The van der Waals surface area contributed by atoms with E-state index in [0.717, 1.165) is 12.8 Å². The fraction of sp³-hybridized carbons (Fsp3) is 0.500. The van der Waals surface area contributed by atoms with Crippen molar-refractivity contribution in [3.05, 3.63) is 36.5 Å². The Hall–Kier alpha value is -1.64. The number of cyclic esters (lactones) is 2. The largest absolute Gasteiger partial charge is 0.393 e. The SMILES string of the molecule is O=C1OC(=O)[C@H]2[C@H]1[C@H]1C=C[C@H]2[C@]23C=C[C@]12CC=CC3. The molecule has 5 aliphatic carbocycles. The average molecular weight is 254 g/mol. The Morgan fingerprint density at radius 1 is 0.895 bits per heavy atom. The third kappa shape index (κ3) is 0.814. The van der Waals surface area contributed by atoms with Crippen LogP contribution in [0.4, 0.5) is 0 Å². The van der Waals surface area contributed by atoms with Gasteiger partial charge in [0, 0.05) is 22.7 Å². The van der Waals surface area contributed by atoms with Gasteiger partial charge in [-0.1, -0.05) is 36.5 Å². The molecule has 0 N–H and O–H groups in total. The molecule has 1 heterocycles. The molecule has 6 aliphatic rings. The van der Waals surface area contributed by atoms with Gasteiger partial charge in [-0.15, -0.1) is 0 Å². The van der Waals surface area contributed by atoms with E-state index in [1.54, 1.807) is 0 Å². The Morgan fingerprint density at radius 2 is 1.37 bits per heavy atom. The smallest absolute Gasteiger partial charge is 0.318 e. The summed E-state index contributed by atoms with van der Waals surface area (Å²) >= 11 is 0. The number of carbonyl (C=O) groups is 2. The van der Waals surface area contributed by atoms with Gasteiger partial charge in [-0.05, 0) is 12.8 Å². The molecule has 0 spiro atoms. The Kier molecular flexibility index (Phi) is 1.48. The molecule has 0 aromatic heterocycles. The first-order valence-electron chi connectivity index (χ1n) is 6.99. The van der Waals surface area contributed by atoms with Gasteiger partial charge in [0.1, 0.15) is 0 Å². The molecule has 1 saturated heterocycles. The quantitative estimate of drug-likeness (QED) is 0.377. The lowest BCUT2D eigenvalue weighted by Crippen LogP contribution is -2.65. The molecule has 96 valence electrons. The zero-order valence-corrected chi connectivity index (χ0v) is 10.4. The fourth-order valence-corrected chi connectivity index (χ4v) is 5.43. The highest BCUT2D eigenvalue weighted by molar-refractivity contribution is 5.98. The van der Waals surface area contributed by atoms with Gasteiger partial charge in [0.2, 0.25) is 0 Å². The van der Waals surface area contributed by atoms with E-state index in [1.165, 1.54) is 0 Å². The van der Waals surface area contributed by atoms with Crippen molar-refractivity contribution in [3.8, 4) is 0 Å². The number of carbonyl (C=O) groups excluding carboxylic acids is 2. The van der Waals surface area contributed by atoms with E-state index in [1.807, 2.05) is 0 Å². The van der Waals surface area contributed by atoms with E-state index in [-0.39, 0.29) is 46.4 Å². The van der Waals surface area contributed by atoms with Gasteiger partial charge in [-0.2, -0.15) is 0 Å². The molecule has 6 rings (SSSR count). The normalized spacial score (nSPS) is 55.4. The maximum atomic E-state index is 12.0. The molecule has 2 fully saturated rings. The third-order valence-corrected chi connectivity index (χ3v) is 6.24. The Balaban J connectivity index is 1.77. The first-order chi connectivity index (χ1) is 9.20. The van der Waals surface area contributed by atoms with Crippen molar-refractivity contribution in [3.63, 3.8) is 0 Å². The highest BCUT2D eigenvalue weighted by Gasteiger charge is 2.73. The maximum Gasteiger partial charge on any atom is 0.318 e. The first-order valence-corrected chi connectivity index (χ1v) is 6.99. The van der Waals surface area contributed by atoms with Crippen molar-refractivity contribution in [2.75, 3.05) is 0 Å². The van der Waals surface area contributed by atoms with Crippen LogP contribution in [-0.4, -0.2) is 11.9 Å². The third-order valence-electron chi connectivity index (χ3n) is 6.24. The van der Waals surface area contributed by atoms with E-state index in [9.17, 15) is 9.59 Å². The van der Waals surface area contributed by atoms with Crippen molar-refractivity contribution in [2.45, 2.75) is 12.8 Å². The van der Waals surface area contributed by atoms with Crippen molar-refractivity contribution in [1.82, 2.24) is 0 Å². The highest BCUT2D eigenvalue weighted by Crippen LogP contribution is 2.74. The predicted molar refractivity (Wildman–Crippen MR) is 66.6 cm³/mol. The predicted octanol–water partition coefficient (Wildman–Crippen LogP) is 2.01. The van der Waals surface area contributed by atoms with Gasteiger partial charge < -0.3 is 4.74 Å². The van der Waals surface area contributed by atoms with Crippen LogP contribution in [0.2, 0.25) is 0 Å². The second-order valence-corrected chi connectivity index (χ2v) is 6.52. The molecule has 3 nitrogen and oxygen atoms in total. The van der Waals surface area contributed by atoms with Gasteiger partial charge >= 0.3 is 11.9 Å². The number of ether oxygens (including phenoxy) is 1. The van der Waals surface area contributed by atoms with E-state index >= 15 is 0 Å². The van der Waals surface area contributed by atoms with E-state index in [4.69, 9.17) is 4.74 Å². The summed E-state index contributed by atoms with van der Waals surface area (Å²) in [5.41, 5.74) is 0.123. The molecule has 0 radical (unpaired) electrons. The van der Waals surface area contributed by atoms with Crippen LogP contribution in [0.15, 0.2) is 36.5 Å². The molecular weight excluding hydrogens is 240 g/mol. The summed E-state index contributed by atoms with van der Waals surface area (Å²) < 4.78 is 4.95. The van der Waals surface area contributed by atoms with Crippen LogP contribution < -0.4 is 0 Å². The number of hydrogen-bond acceptors (Lipinski definition) is 3. The van der Waals surface area contributed by atoms with Crippen LogP contribution in [0, 0.1) is 34.5 Å². The lowest BCUT2D eigenvalue weighted by molar-refractivity contribution is -0.154. The van der Waals surface area contributed by atoms with Crippen molar-refractivity contribution < 1.29 is 14.3 Å². The Labute approximate surface area is 111 Å². The Bertz CT molecular complexity index is 563. The van der Waals surface area contributed by atoms with Crippen molar-refractivity contribution in [1.29, 1.82) is 0 Å². The summed E-state index contributed by atoms with van der Waals surface area (Å²) in [5.74, 6) is -0.814. The topological polar surface area (TPSA) is 43.4 Å². The van der Waals surface area contributed by atoms with Crippen LogP contribution in [0.1, 0.15) is 12.8 Å². The molecule has 0 aromatic carbocycles. The number of rotatable bonds is 0. The van der Waals surface area contributed by atoms with Crippen molar-refractivity contribution in [2.24, 2.45) is 34.5 Å². The van der Waals surface area contributed by atoms with Crippen LogP contribution >= 0.6 is 0 Å². The van der Waals surface area contributed by atoms with Crippen LogP contribution in [0.25, 0.3) is 0 Å². The highest BCUT2D eigenvalue weighted by atomic mass is 16.6. The number of allylic oxidation sites excluding steroid dienone is 6. The van der Waals surface area contributed by atoms with Gasteiger partial charge in [0.15, 0.2) is 0 Å². The van der Waals surface area contributed by atoms with Gasteiger partial charge in [0.25, 0.3) is 0 Å². The Morgan fingerprint density at radius 3 is 1.79 bits per heavy atom. The zero-order chi connectivity index (χ0) is 12.8. The monoisotopic (exact) mass is 254 g/mol. The second-order valence-electron chi connectivity index (χ2n) is 6.52. The minimum Gasteiger partial charge on any atom is -0.393 e. The van der Waals surface area contributed by atoms with Crippen LogP contribution in [-0.2, 0) is 14.3 Å². The molecule has 0 unspecified atom stereocenters. The maximum absolute atomic E-state index is 12.0. The van der Waals surface area contributed by atoms with E-state index in [2.05, 4.69) is 36.5 Å². The summed E-state index contributed by atoms with van der Waals surface area (Å²) in [5, 5.41) is 0. The zero-order valence-electron chi connectivity index (χ0n) is 10.4. The van der Waals surface area contributed by atoms with E-state index < -0.39 is 0 Å². The van der Waals surface area contributed by atoms with Crippen molar-refractivity contribution >= 4 is 11.9 Å². The van der Waals surface area contributed by atoms with Gasteiger partial charge in [-0.3, -0.25) is 9.59 Å². The summed E-state index contributed by atoms with van der Waals surface area (Å²) in [6, 6.07) is 0. The minimum absolute atomic E-state index is 0.0615. The van der Waals surface area contributed by atoms with Crippen LogP contribution in [0.5, 0.6) is 0 Å². The molecule has 19 heavy (non-hydrogen) atoms. The molecule has 1 saturated carbocycles. The molecule has 0 amide bonds. The average Bonchev–Trinajstić information content (AvgIpc) is 2.69. The first kappa shape index (κ1) is 10.2. The fourth-order valence-electron chi connectivity index (χ4n) is 5.43. The molecule has 1 aliphatic heterocycles. The molecule has 0 aromatic rings. The lowest BCUT2D eigenvalue weighted by Gasteiger charge is -2.68. The molecule has 3 heteroatoms. The standard InChI is InChI=1S/C16H14O3/c17-13-11-9-3-4-10(12(11)14(18)19-13)16-6-2-1-5-15(9,16)7-8-16/h1-4,7-12H,5-6H2/t9-,10-,11-,12-,15-,16+/m1/s1. The van der Waals surface area contributed by atoms with Crippen LogP contribution in [0.3, 0.4) is 0 Å². The minimum atomic E-state index is -0.299. The van der Waals surface area contributed by atoms with Gasteiger partial charge in [-0.25, -0.2) is 0 Å². The summed E-state index contributed by atoms with van der Waals surface area (Å²) in [6.45, 7) is 0. The number of esters is 2.